The Kier molecular flexibility index (Phi) is 4.70. The van der Waals surface area contributed by atoms with Crippen LogP contribution >= 0.6 is 11.3 Å². The first kappa shape index (κ1) is 12.3. The Morgan fingerprint density at radius 1 is 1.47 bits per heavy atom. The van der Waals surface area contributed by atoms with Crippen molar-refractivity contribution in [1.82, 2.24) is 0 Å². The van der Waals surface area contributed by atoms with Crippen molar-refractivity contribution in [3.63, 3.8) is 0 Å². The Morgan fingerprint density at radius 3 is 3.06 bits per heavy atom. The van der Waals surface area contributed by atoms with Crippen LogP contribution in [0.25, 0.3) is 0 Å². The minimum Gasteiger partial charge on any atom is -0.500 e. The van der Waals surface area contributed by atoms with Crippen molar-refractivity contribution in [2.45, 2.75) is 0 Å². The van der Waals surface area contributed by atoms with Crippen LogP contribution in [-0.2, 0) is 9.47 Å². The molecule has 0 aliphatic carbocycles. The van der Waals surface area contributed by atoms with Gasteiger partial charge in [-0.3, -0.25) is 0 Å². The molecule has 0 amide bonds. The largest absolute Gasteiger partial charge is 0.500 e. The fourth-order valence-electron chi connectivity index (χ4n) is 1.69. The lowest BCUT2D eigenvalue weighted by molar-refractivity contribution is 0.123. The van der Waals surface area contributed by atoms with E-state index in [9.17, 15) is 0 Å². The maximum Gasteiger partial charge on any atom is 0.105 e. The van der Waals surface area contributed by atoms with Gasteiger partial charge in [0, 0.05) is 19.6 Å². The summed E-state index contributed by atoms with van der Waals surface area (Å²) in [4.78, 5) is 2.36. The average Bonchev–Trinajstić information content (AvgIpc) is 2.85. The predicted molar refractivity (Wildman–Crippen MR) is 72.0 cm³/mol. The van der Waals surface area contributed by atoms with Crippen LogP contribution < -0.4 is 10.2 Å². The minimum atomic E-state index is 0.647. The van der Waals surface area contributed by atoms with Gasteiger partial charge in [0.25, 0.3) is 0 Å². The van der Waals surface area contributed by atoms with E-state index < -0.39 is 0 Å². The van der Waals surface area contributed by atoms with E-state index in [0.29, 0.717) is 6.61 Å². The molecule has 1 aromatic rings. The summed E-state index contributed by atoms with van der Waals surface area (Å²) < 4.78 is 10.4. The van der Waals surface area contributed by atoms with Crippen LogP contribution in [-0.4, -0.2) is 39.5 Å². The quantitative estimate of drug-likeness (QED) is 0.623. The lowest BCUT2D eigenvalue weighted by atomic mass is 10.4. The van der Waals surface area contributed by atoms with Crippen molar-refractivity contribution < 1.29 is 9.47 Å². The molecule has 1 aliphatic rings. The molecule has 0 radical (unpaired) electrons. The number of ether oxygens (including phenoxy) is 2. The molecule has 0 aromatic carbocycles. The summed E-state index contributed by atoms with van der Waals surface area (Å²) in [5.41, 5.74) is 0. The second kappa shape index (κ2) is 6.51. The molecule has 0 atom stereocenters. The maximum absolute atomic E-state index is 5.34. The van der Waals surface area contributed by atoms with Crippen LogP contribution in [0.15, 0.2) is 25.0 Å². The third kappa shape index (κ3) is 3.64. The number of nitrogens with zero attached hydrogens (tertiary/aromatic N) is 1. The van der Waals surface area contributed by atoms with Crippen LogP contribution in [0.3, 0.4) is 0 Å². The summed E-state index contributed by atoms with van der Waals surface area (Å²) in [6.45, 7) is 8.58. The number of hydrogen-bond donors (Lipinski definition) is 1. The molecule has 2 rings (SSSR count). The van der Waals surface area contributed by atoms with Gasteiger partial charge in [-0.2, -0.15) is 0 Å². The summed E-state index contributed by atoms with van der Waals surface area (Å²) in [6, 6.07) is 4.27. The molecule has 0 saturated carbocycles. The van der Waals surface area contributed by atoms with Crippen molar-refractivity contribution >= 4 is 21.3 Å². The lowest BCUT2D eigenvalue weighted by Gasteiger charge is -2.27. The standard InChI is InChI=1S/C12H18N2O2S/c1-2-15-8-5-13-11-3-4-12(17-11)14-6-9-16-10-7-14/h2-4,13H,1,5-10H2. The van der Waals surface area contributed by atoms with E-state index in [2.05, 4.69) is 28.9 Å². The van der Waals surface area contributed by atoms with Crippen LogP contribution in [0.1, 0.15) is 0 Å². The molecule has 0 bridgehead atoms. The van der Waals surface area contributed by atoms with Gasteiger partial charge in [-0.25, -0.2) is 0 Å². The molecule has 1 fully saturated rings. The molecule has 1 aliphatic heterocycles. The Morgan fingerprint density at radius 2 is 2.29 bits per heavy atom. The zero-order valence-corrected chi connectivity index (χ0v) is 10.7. The Labute approximate surface area is 106 Å². The van der Waals surface area contributed by atoms with Gasteiger partial charge in [0.2, 0.25) is 0 Å². The van der Waals surface area contributed by atoms with Crippen molar-refractivity contribution in [3.8, 4) is 0 Å². The van der Waals surface area contributed by atoms with Gasteiger partial charge in [0.15, 0.2) is 0 Å². The Bertz CT molecular complexity index is 348. The van der Waals surface area contributed by atoms with E-state index in [1.54, 1.807) is 11.3 Å². The molecule has 94 valence electrons. The number of thiophene rings is 1. The highest BCUT2D eigenvalue weighted by molar-refractivity contribution is 7.19. The molecule has 1 saturated heterocycles. The molecule has 1 N–H and O–H groups in total. The topological polar surface area (TPSA) is 33.7 Å². The summed E-state index contributed by atoms with van der Waals surface area (Å²) in [6.07, 6.45) is 1.47. The normalized spacial score (nSPS) is 15.6. The summed E-state index contributed by atoms with van der Waals surface area (Å²) in [7, 11) is 0. The van der Waals surface area contributed by atoms with E-state index in [0.717, 1.165) is 32.8 Å². The van der Waals surface area contributed by atoms with Gasteiger partial charge in [-0.05, 0) is 12.1 Å². The highest BCUT2D eigenvalue weighted by atomic mass is 32.1. The number of morpholine rings is 1. The SMILES string of the molecule is C=COCCNc1ccc(N2CCOCC2)s1. The fraction of sp³-hybridized carbons (Fsp3) is 0.500. The van der Waals surface area contributed by atoms with Gasteiger partial charge in [-0.15, -0.1) is 11.3 Å². The second-order valence-corrected chi connectivity index (χ2v) is 4.76. The predicted octanol–water partition coefficient (Wildman–Crippen LogP) is 2.16. The Balaban J connectivity index is 1.80. The second-order valence-electron chi connectivity index (χ2n) is 3.70. The summed E-state index contributed by atoms with van der Waals surface area (Å²) in [5, 5.41) is 5.81. The third-order valence-corrected chi connectivity index (χ3v) is 3.66. The van der Waals surface area contributed by atoms with Crippen molar-refractivity contribution in [2.75, 3.05) is 49.7 Å². The molecule has 5 heteroatoms. The lowest BCUT2D eigenvalue weighted by Crippen LogP contribution is -2.35. The van der Waals surface area contributed by atoms with E-state index in [-0.39, 0.29) is 0 Å². The van der Waals surface area contributed by atoms with E-state index in [1.807, 2.05) is 0 Å². The number of nitrogens with one attached hydrogen (secondary N) is 1. The van der Waals surface area contributed by atoms with Crippen LogP contribution in [0, 0.1) is 0 Å². The van der Waals surface area contributed by atoms with Gasteiger partial charge in [0.1, 0.15) is 6.61 Å². The first-order valence-corrected chi connectivity index (χ1v) is 6.61. The first-order valence-electron chi connectivity index (χ1n) is 5.79. The monoisotopic (exact) mass is 254 g/mol. The molecule has 0 unspecified atom stereocenters. The van der Waals surface area contributed by atoms with Gasteiger partial charge in [-0.1, -0.05) is 6.58 Å². The number of anilines is 2. The van der Waals surface area contributed by atoms with Crippen molar-refractivity contribution in [3.05, 3.63) is 25.0 Å². The number of rotatable bonds is 6. The fourth-order valence-corrected chi connectivity index (χ4v) is 2.68. The van der Waals surface area contributed by atoms with E-state index in [4.69, 9.17) is 9.47 Å². The summed E-state index contributed by atoms with van der Waals surface area (Å²) in [5.74, 6) is 0. The highest BCUT2D eigenvalue weighted by Gasteiger charge is 2.12. The third-order valence-electron chi connectivity index (χ3n) is 2.55. The molecule has 4 nitrogen and oxygen atoms in total. The van der Waals surface area contributed by atoms with Crippen LogP contribution in [0.5, 0.6) is 0 Å². The van der Waals surface area contributed by atoms with E-state index in [1.165, 1.54) is 16.3 Å². The maximum atomic E-state index is 5.34. The van der Waals surface area contributed by atoms with Gasteiger partial charge < -0.3 is 19.7 Å². The van der Waals surface area contributed by atoms with Crippen LogP contribution in [0.2, 0.25) is 0 Å². The van der Waals surface area contributed by atoms with Crippen molar-refractivity contribution in [1.29, 1.82) is 0 Å². The average molecular weight is 254 g/mol. The Hall–Kier alpha value is -1.20. The summed E-state index contributed by atoms with van der Waals surface area (Å²) >= 11 is 1.78. The molecule has 2 heterocycles. The molecular weight excluding hydrogens is 236 g/mol. The highest BCUT2D eigenvalue weighted by Crippen LogP contribution is 2.30. The first-order chi connectivity index (χ1) is 8.40. The smallest absolute Gasteiger partial charge is 0.105 e. The molecule has 0 spiro atoms. The number of hydrogen-bond acceptors (Lipinski definition) is 5. The molecule has 17 heavy (non-hydrogen) atoms. The van der Waals surface area contributed by atoms with Gasteiger partial charge >= 0.3 is 0 Å². The van der Waals surface area contributed by atoms with Crippen molar-refractivity contribution in [2.24, 2.45) is 0 Å². The molecule has 1 aromatic heterocycles. The van der Waals surface area contributed by atoms with Crippen LogP contribution in [0.4, 0.5) is 10.0 Å². The zero-order chi connectivity index (χ0) is 11.9. The van der Waals surface area contributed by atoms with E-state index >= 15 is 0 Å². The minimum absolute atomic E-state index is 0.647. The zero-order valence-electron chi connectivity index (χ0n) is 9.85. The van der Waals surface area contributed by atoms with Gasteiger partial charge in [0.05, 0.1) is 29.5 Å². The molecular formula is C12H18N2O2S.